The molecule has 1 amide bonds. The Hall–Kier alpha value is -1.84. The van der Waals surface area contributed by atoms with Gasteiger partial charge in [0, 0.05) is 12.1 Å². The molecule has 0 bridgehead atoms. The van der Waals surface area contributed by atoms with Crippen molar-refractivity contribution in [1.29, 1.82) is 0 Å². The molecule has 0 aromatic heterocycles. The SMILES string of the molecule is CC(CC(=O)Nc1cccc(C(=O)O)c1)CC(C)(C)C. The molecule has 110 valence electrons. The minimum absolute atomic E-state index is 0.0794. The summed E-state index contributed by atoms with van der Waals surface area (Å²) < 4.78 is 0. The second-order valence-electron chi connectivity index (χ2n) is 6.51. The Bertz CT molecular complexity index is 489. The van der Waals surface area contributed by atoms with Gasteiger partial charge in [0.05, 0.1) is 5.56 Å². The first-order valence-electron chi connectivity index (χ1n) is 6.80. The first-order chi connectivity index (χ1) is 9.17. The van der Waals surface area contributed by atoms with Crippen molar-refractivity contribution >= 4 is 17.6 Å². The van der Waals surface area contributed by atoms with Crippen LogP contribution in [0, 0.1) is 11.3 Å². The zero-order chi connectivity index (χ0) is 15.3. The van der Waals surface area contributed by atoms with E-state index in [1.807, 2.05) is 0 Å². The lowest BCUT2D eigenvalue weighted by molar-refractivity contribution is -0.117. The van der Waals surface area contributed by atoms with Gasteiger partial charge in [-0.15, -0.1) is 0 Å². The lowest BCUT2D eigenvalue weighted by atomic mass is 9.84. The number of carboxylic acid groups (broad SMARTS) is 1. The molecule has 0 fully saturated rings. The fourth-order valence-electron chi connectivity index (χ4n) is 2.38. The van der Waals surface area contributed by atoms with E-state index in [1.54, 1.807) is 12.1 Å². The molecular formula is C16H23NO3. The largest absolute Gasteiger partial charge is 0.478 e. The van der Waals surface area contributed by atoms with Crippen molar-refractivity contribution in [2.45, 2.75) is 40.5 Å². The van der Waals surface area contributed by atoms with E-state index in [0.717, 1.165) is 6.42 Å². The minimum atomic E-state index is -0.998. The Labute approximate surface area is 120 Å². The quantitative estimate of drug-likeness (QED) is 0.860. The monoisotopic (exact) mass is 277 g/mol. The second-order valence-corrected chi connectivity index (χ2v) is 6.51. The van der Waals surface area contributed by atoms with Crippen LogP contribution < -0.4 is 5.32 Å². The molecule has 1 rings (SSSR count). The van der Waals surface area contributed by atoms with Crippen molar-refractivity contribution in [2.24, 2.45) is 11.3 Å². The van der Waals surface area contributed by atoms with Gasteiger partial charge in [-0.25, -0.2) is 4.79 Å². The molecule has 2 N–H and O–H groups in total. The van der Waals surface area contributed by atoms with Crippen LogP contribution in [-0.4, -0.2) is 17.0 Å². The predicted molar refractivity (Wildman–Crippen MR) is 79.9 cm³/mol. The van der Waals surface area contributed by atoms with Crippen molar-refractivity contribution in [3.05, 3.63) is 29.8 Å². The molecule has 0 aliphatic heterocycles. The molecule has 0 aliphatic rings. The molecule has 0 heterocycles. The average molecular weight is 277 g/mol. The van der Waals surface area contributed by atoms with Crippen LogP contribution in [0.2, 0.25) is 0 Å². The molecule has 1 atom stereocenters. The zero-order valence-electron chi connectivity index (χ0n) is 12.6. The zero-order valence-corrected chi connectivity index (χ0v) is 12.6. The third-order valence-corrected chi connectivity index (χ3v) is 2.89. The Morgan fingerprint density at radius 2 is 1.95 bits per heavy atom. The van der Waals surface area contributed by atoms with Crippen molar-refractivity contribution in [3.63, 3.8) is 0 Å². The summed E-state index contributed by atoms with van der Waals surface area (Å²) in [7, 11) is 0. The van der Waals surface area contributed by atoms with Gasteiger partial charge in [0.1, 0.15) is 0 Å². The molecular weight excluding hydrogens is 254 g/mol. The Balaban J connectivity index is 2.58. The molecule has 4 heteroatoms. The van der Waals surface area contributed by atoms with Crippen LogP contribution in [0.3, 0.4) is 0 Å². The molecule has 0 saturated heterocycles. The fraction of sp³-hybridized carbons (Fsp3) is 0.500. The van der Waals surface area contributed by atoms with E-state index in [9.17, 15) is 9.59 Å². The lowest BCUT2D eigenvalue weighted by Gasteiger charge is -2.22. The molecule has 1 aromatic carbocycles. The van der Waals surface area contributed by atoms with Crippen molar-refractivity contribution in [2.75, 3.05) is 5.32 Å². The van der Waals surface area contributed by atoms with E-state index >= 15 is 0 Å². The molecule has 0 spiro atoms. The van der Waals surface area contributed by atoms with E-state index in [0.29, 0.717) is 12.1 Å². The van der Waals surface area contributed by atoms with Gasteiger partial charge in [-0.3, -0.25) is 4.79 Å². The Kier molecular flexibility index (Phi) is 5.31. The number of benzene rings is 1. The summed E-state index contributed by atoms with van der Waals surface area (Å²) in [6.45, 7) is 8.51. The van der Waals surface area contributed by atoms with E-state index in [4.69, 9.17) is 5.11 Å². The molecule has 1 aromatic rings. The number of anilines is 1. The number of carboxylic acids is 1. The average Bonchev–Trinajstić information content (AvgIpc) is 2.25. The number of carbonyl (C=O) groups excluding carboxylic acids is 1. The van der Waals surface area contributed by atoms with Gasteiger partial charge in [-0.1, -0.05) is 33.8 Å². The van der Waals surface area contributed by atoms with Crippen molar-refractivity contribution in [1.82, 2.24) is 0 Å². The predicted octanol–water partition coefficient (Wildman–Crippen LogP) is 3.79. The van der Waals surface area contributed by atoms with Crippen LogP contribution in [0.15, 0.2) is 24.3 Å². The van der Waals surface area contributed by atoms with E-state index < -0.39 is 5.97 Å². The molecule has 1 unspecified atom stereocenters. The van der Waals surface area contributed by atoms with E-state index in [-0.39, 0.29) is 22.8 Å². The van der Waals surface area contributed by atoms with Crippen LogP contribution in [0.4, 0.5) is 5.69 Å². The topological polar surface area (TPSA) is 66.4 Å². The fourth-order valence-corrected chi connectivity index (χ4v) is 2.38. The van der Waals surface area contributed by atoms with E-state index in [1.165, 1.54) is 12.1 Å². The van der Waals surface area contributed by atoms with Gasteiger partial charge >= 0.3 is 5.97 Å². The Morgan fingerprint density at radius 3 is 2.50 bits per heavy atom. The number of hydrogen-bond donors (Lipinski definition) is 2. The highest BCUT2D eigenvalue weighted by atomic mass is 16.4. The number of amides is 1. The maximum Gasteiger partial charge on any atom is 0.335 e. The lowest BCUT2D eigenvalue weighted by Crippen LogP contribution is -2.19. The third kappa shape index (κ3) is 5.87. The summed E-state index contributed by atoms with van der Waals surface area (Å²) in [4.78, 5) is 22.8. The number of rotatable bonds is 5. The van der Waals surface area contributed by atoms with E-state index in [2.05, 4.69) is 33.0 Å². The summed E-state index contributed by atoms with van der Waals surface area (Å²) in [5.41, 5.74) is 0.895. The van der Waals surface area contributed by atoms with Gasteiger partial charge in [-0.05, 0) is 36.0 Å². The van der Waals surface area contributed by atoms with Gasteiger partial charge < -0.3 is 10.4 Å². The molecule has 20 heavy (non-hydrogen) atoms. The molecule has 0 aliphatic carbocycles. The first-order valence-corrected chi connectivity index (χ1v) is 6.80. The highest BCUT2D eigenvalue weighted by molar-refractivity contribution is 5.93. The van der Waals surface area contributed by atoms with Crippen LogP contribution in [0.25, 0.3) is 0 Å². The van der Waals surface area contributed by atoms with Crippen LogP contribution >= 0.6 is 0 Å². The summed E-state index contributed by atoms with van der Waals surface area (Å²) >= 11 is 0. The van der Waals surface area contributed by atoms with Crippen molar-refractivity contribution < 1.29 is 14.7 Å². The summed E-state index contributed by atoms with van der Waals surface area (Å²) in [6.07, 6.45) is 1.41. The van der Waals surface area contributed by atoms with Gasteiger partial charge in [0.15, 0.2) is 0 Å². The van der Waals surface area contributed by atoms with Gasteiger partial charge in [0.2, 0.25) is 5.91 Å². The summed E-state index contributed by atoms with van der Waals surface area (Å²) in [5.74, 6) is -0.788. The molecule has 4 nitrogen and oxygen atoms in total. The summed E-state index contributed by atoms with van der Waals surface area (Å²) in [5, 5.41) is 11.7. The smallest absolute Gasteiger partial charge is 0.335 e. The van der Waals surface area contributed by atoms with Gasteiger partial charge in [-0.2, -0.15) is 0 Å². The highest BCUT2D eigenvalue weighted by Crippen LogP contribution is 2.26. The number of carbonyl (C=O) groups is 2. The second kappa shape index (κ2) is 6.55. The molecule has 0 saturated carbocycles. The number of aromatic carboxylic acids is 1. The highest BCUT2D eigenvalue weighted by Gasteiger charge is 2.17. The first kappa shape index (κ1) is 16.2. The third-order valence-electron chi connectivity index (χ3n) is 2.89. The van der Waals surface area contributed by atoms with Crippen LogP contribution in [-0.2, 0) is 4.79 Å². The maximum absolute atomic E-state index is 11.9. The number of nitrogens with one attached hydrogen (secondary N) is 1. The van der Waals surface area contributed by atoms with Crippen molar-refractivity contribution in [3.8, 4) is 0 Å². The van der Waals surface area contributed by atoms with Crippen LogP contribution in [0.1, 0.15) is 50.9 Å². The minimum Gasteiger partial charge on any atom is -0.478 e. The number of hydrogen-bond acceptors (Lipinski definition) is 2. The summed E-state index contributed by atoms with van der Waals surface area (Å²) in [6, 6.07) is 6.28. The van der Waals surface area contributed by atoms with Gasteiger partial charge in [0.25, 0.3) is 0 Å². The Morgan fingerprint density at radius 1 is 1.30 bits per heavy atom. The normalized spacial score (nSPS) is 12.8. The maximum atomic E-state index is 11.9. The molecule has 0 radical (unpaired) electrons. The van der Waals surface area contributed by atoms with Crippen LogP contribution in [0.5, 0.6) is 0 Å². The standard InChI is InChI=1S/C16H23NO3/c1-11(10-16(2,3)4)8-14(18)17-13-7-5-6-12(9-13)15(19)20/h5-7,9,11H,8,10H2,1-4H3,(H,17,18)(H,19,20).